The van der Waals surface area contributed by atoms with Crippen LogP contribution in [0.4, 0.5) is 10.5 Å². The minimum absolute atomic E-state index is 0.132. The SMILES string of the molecule is Cc1ccccc1C(C(=O)Nc1c(C)cccc1Cl)N(CCO)C(=O)C(C)NC(=O)OC(C)(C)C. The van der Waals surface area contributed by atoms with E-state index in [4.69, 9.17) is 16.3 Å². The van der Waals surface area contributed by atoms with E-state index >= 15 is 0 Å². The van der Waals surface area contributed by atoms with Crippen LogP contribution in [0.15, 0.2) is 42.5 Å². The van der Waals surface area contributed by atoms with Crippen LogP contribution in [0.5, 0.6) is 0 Å². The molecule has 0 bridgehead atoms. The first kappa shape index (κ1) is 28.1. The van der Waals surface area contributed by atoms with Crippen molar-refractivity contribution in [2.24, 2.45) is 0 Å². The van der Waals surface area contributed by atoms with E-state index in [1.165, 1.54) is 11.8 Å². The maximum absolute atomic E-state index is 13.7. The van der Waals surface area contributed by atoms with Crippen LogP contribution >= 0.6 is 11.6 Å². The molecule has 2 atom stereocenters. The molecule has 0 radical (unpaired) electrons. The highest BCUT2D eigenvalue weighted by molar-refractivity contribution is 6.34. The normalized spacial score (nSPS) is 12.9. The number of aliphatic hydroxyl groups excluding tert-OH is 1. The van der Waals surface area contributed by atoms with E-state index < -0.39 is 35.6 Å². The van der Waals surface area contributed by atoms with Crippen LogP contribution in [0, 0.1) is 13.8 Å². The second-order valence-corrected chi connectivity index (χ2v) is 9.71. The van der Waals surface area contributed by atoms with E-state index in [-0.39, 0.29) is 13.2 Å². The van der Waals surface area contributed by atoms with Crippen molar-refractivity contribution in [1.29, 1.82) is 0 Å². The van der Waals surface area contributed by atoms with Gasteiger partial charge in [-0.15, -0.1) is 0 Å². The van der Waals surface area contributed by atoms with Crippen molar-refractivity contribution < 1.29 is 24.2 Å². The van der Waals surface area contributed by atoms with Crippen molar-refractivity contribution >= 4 is 35.2 Å². The van der Waals surface area contributed by atoms with E-state index in [2.05, 4.69) is 10.6 Å². The summed E-state index contributed by atoms with van der Waals surface area (Å²) in [5.41, 5.74) is 1.82. The van der Waals surface area contributed by atoms with Crippen LogP contribution in [0.1, 0.15) is 50.4 Å². The van der Waals surface area contributed by atoms with E-state index in [0.717, 1.165) is 11.1 Å². The number of benzene rings is 2. The summed E-state index contributed by atoms with van der Waals surface area (Å²) < 4.78 is 5.25. The molecule has 2 rings (SSSR count). The summed E-state index contributed by atoms with van der Waals surface area (Å²) in [6.07, 6.45) is -0.758. The predicted molar refractivity (Wildman–Crippen MR) is 136 cm³/mol. The van der Waals surface area contributed by atoms with Crippen LogP contribution in [0.25, 0.3) is 0 Å². The zero-order chi connectivity index (χ0) is 26.3. The van der Waals surface area contributed by atoms with Crippen LogP contribution < -0.4 is 10.6 Å². The molecule has 0 fully saturated rings. The molecule has 2 aromatic rings. The Labute approximate surface area is 211 Å². The number of anilines is 1. The second-order valence-electron chi connectivity index (χ2n) is 9.30. The standard InChI is InChI=1S/C26H34ClN3O5/c1-16-10-7-8-12-19(16)22(23(32)29-21-17(2)11-9-13-20(21)27)30(14-15-31)24(33)18(3)28-25(34)35-26(4,5)6/h7-13,18,22,31H,14-15H2,1-6H3,(H,28,34)(H,29,32). The average molecular weight is 504 g/mol. The lowest BCUT2D eigenvalue weighted by Crippen LogP contribution is -2.52. The zero-order valence-electron chi connectivity index (χ0n) is 21.0. The number of nitrogens with zero attached hydrogens (tertiary/aromatic N) is 1. The number of amides is 3. The van der Waals surface area contributed by atoms with Crippen molar-refractivity contribution in [3.8, 4) is 0 Å². The molecule has 8 nitrogen and oxygen atoms in total. The predicted octanol–water partition coefficient (Wildman–Crippen LogP) is 4.37. The minimum Gasteiger partial charge on any atom is -0.444 e. The van der Waals surface area contributed by atoms with E-state index in [0.29, 0.717) is 16.3 Å². The lowest BCUT2D eigenvalue weighted by Gasteiger charge is -2.34. The van der Waals surface area contributed by atoms with Gasteiger partial charge in [-0.3, -0.25) is 9.59 Å². The number of halogens is 1. The van der Waals surface area contributed by atoms with Gasteiger partial charge in [0.15, 0.2) is 0 Å². The van der Waals surface area contributed by atoms with Gasteiger partial charge in [-0.05, 0) is 64.3 Å². The topological polar surface area (TPSA) is 108 Å². The first-order chi connectivity index (χ1) is 16.4. The van der Waals surface area contributed by atoms with E-state index in [1.54, 1.807) is 45.0 Å². The van der Waals surface area contributed by atoms with Crippen LogP contribution in [-0.2, 0) is 14.3 Å². The molecule has 3 amide bonds. The Morgan fingerprint density at radius 3 is 2.26 bits per heavy atom. The highest BCUT2D eigenvalue weighted by atomic mass is 35.5. The molecule has 35 heavy (non-hydrogen) atoms. The molecule has 9 heteroatoms. The first-order valence-corrected chi connectivity index (χ1v) is 11.8. The fourth-order valence-corrected chi connectivity index (χ4v) is 3.86. The molecule has 2 unspecified atom stereocenters. The number of ether oxygens (including phenoxy) is 1. The van der Waals surface area contributed by atoms with Gasteiger partial charge in [0, 0.05) is 6.54 Å². The van der Waals surface area contributed by atoms with Gasteiger partial charge in [-0.1, -0.05) is 48.0 Å². The molecular weight excluding hydrogens is 470 g/mol. The summed E-state index contributed by atoms with van der Waals surface area (Å²) in [4.78, 5) is 40.7. The number of alkyl carbamates (subject to hydrolysis) is 1. The molecule has 0 saturated carbocycles. The van der Waals surface area contributed by atoms with Gasteiger partial charge in [0.25, 0.3) is 5.91 Å². The Hall–Kier alpha value is -3.10. The Morgan fingerprint density at radius 1 is 1.06 bits per heavy atom. The fraction of sp³-hybridized carbons (Fsp3) is 0.423. The first-order valence-electron chi connectivity index (χ1n) is 11.4. The average Bonchev–Trinajstić information content (AvgIpc) is 2.75. The molecule has 190 valence electrons. The van der Waals surface area contributed by atoms with Gasteiger partial charge in [0.2, 0.25) is 5.91 Å². The maximum atomic E-state index is 13.7. The number of para-hydroxylation sites is 1. The molecular formula is C26H34ClN3O5. The smallest absolute Gasteiger partial charge is 0.408 e. The Bertz CT molecular complexity index is 1050. The van der Waals surface area contributed by atoms with Gasteiger partial charge >= 0.3 is 6.09 Å². The number of hydrogen-bond acceptors (Lipinski definition) is 5. The molecule has 0 aliphatic carbocycles. The molecule has 0 saturated heterocycles. The van der Waals surface area contributed by atoms with Gasteiger partial charge in [0.1, 0.15) is 17.7 Å². The third-order valence-corrected chi connectivity index (χ3v) is 5.56. The molecule has 0 aliphatic heterocycles. The van der Waals surface area contributed by atoms with Crippen LogP contribution in [0.2, 0.25) is 5.02 Å². The van der Waals surface area contributed by atoms with E-state index in [9.17, 15) is 19.5 Å². The third-order valence-electron chi connectivity index (χ3n) is 5.24. The van der Waals surface area contributed by atoms with Gasteiger partial charge < -0.3 is 25.4 Å². The highest BCUT2D eigenvalue weighted by Gasteiger charge is 2.35. The zero-order valence-corrected chi connectivity index (χ0v) is 21.8. The molecule has 0 heterocycles. The quantitative estimate of drug-likeness (QED) is 0.495. The summed E-state index contributed by atoms with van der Waals surface area (Å²) >= 11 is 6.32. The summed E-state index contributed by atoms with van der Waals surface area (Å²) in [5.74, 6) is -1.05. The summed E-state index contributed by atoms with van der Waals surface area (Å²) in [6.45, 7) is 9.78. The molecule has 2 aromatic carbocycles. The Morgan fingerprint density at radius 2 is 1.69 bits per heavy atom. The van der Waals surface area contributed by atoms with Crippen molar-refractivity contribution in [3.63, 3.8) is 0 Å². The van der Waals surface area contributed by atoms with Crippen LogP contribution in [-0.4, -0.2) is 52.7 Å². The Kier molecular flexibility index (Phi) is 9.68. The monoisotopic (exact) mass is 503 g/mol. The number of carbonyl (C=O) groups excluding carboxylic acids is 3. The van der Waals surface area contributed by atoms with Crippen molar-refractivity contribution in [3.05, 3.63) is 64.2 Å². The number of aliphatic hydroxyl groups is 1. The number of aryl methyl sites for hydroxylation is 2. The molecule has 0 aromatic heterocycles. The maximum Gasteiger partial charge on any atom is 0.408 e. The van der Waals surface area contributed by atoms with E-state index in [1.807, 2.05) is 32.0 Å². The van der Waals surface area contributed by atoms with Crippen molar-refractivity contribution in [2.75, 3.05) is 18.5 Å². The number of nitrogens with one attached hydrogen (secondary N) is 2. The summed E-state index contributed by atoms with van der Waals surface area (Å²) in [7, 11) is 0. The fourth-order valence-electron chi connectivity index (χ4n) is 3.60. The molecule has 3 N–H and O–H groups in total. The van der Waals surface area contributed by atoms with Crippen LogP contribution in [0.3, 0.4) is 0 Å². The lowest BCUT2D eigenvalue weighted by atomic mass is 9.98. The van der Waals surface area contributed by atoms with Crippen molar-refractivity contribution in [2.45, 2.75) is 59.2 Å². The molecule has 0 aliphatic rings. The number of hydrogen-bond donors (Lipinski definition) is 3. The minimum atomic E-state index is -1.09. The second kappa shape index (κ2) is 12.0. The number of carbonyl (C=O) groups is 3. The summed E-state index contributed by atoms with van der Waals surface area (Å²) in [6, 6.07) is 10.3. The van der Waals surface area contributed by atoms with Gasteiger partial charge in [-0.25, -0.2) is 4.79 Å². The third kappa shape index (κ3) is 7.70. The number of rotatable bonds is 8. The summed E-state index contributed by atoms with van der Waals surface area (Å²) in [5, 5.41) is 15.5. The largest absolute Gasteiger partial charge is 0.444 e. The Balaban J connectivity index is 2.45. The highest BCUT2D eigenvalue weighted by Crippen LogP contribution is 2.30. The lowest BCUT2D eigenvalue weighted by molar-refractivity contribution is -0.141. The van der Waals surface area contributed by atoms with Gasteiger partial charge in [-0.2, -0.15) is 0 Å². The van der Waals surface area contributed by atoms with Gasteiger partial charge in [0.05, 0.1) is 17.3 Å². The van der Waals surface area contributed by atoms with Crippen molar-refractivity contribution in [1.82, 2.24) is 10.2 Å². The molecule has 0 spiro atoms.